The molecule has 3 nitrogen and oxygen atoms in total. The van der Waals surface area contributed by atoms with Gasteiger partial charge in [-0.3, -0.25) is 4.79 Å². The Bertz CT molecular complexity index is 272. The van der Waals surface area contributed by atoms with Crippen LogP contribution in [0.25, 0.3) is 0 Å². The highest BCUT2D eigenvalue weighted by molar-refractivity contribution is 5.80. The van der Waals surface area contributed by atoms with Crippen molar-refractivity contribution in [3.63, 3.8) is 0 Å². The highest BCUT2D eigenvalue weighted by Gasteiger charge is 2.47. The van der Waals surface area contributed by atoms with E-state index < -0.39 is 0 Å². The number of hydrogen-bond donors (Lipinski definition) is 1. The first-order valence-corrected chi connectivity index (χ1v) is 6.80. The van der Waals surface area contributed by atoms with E-state index in [1.54, 1.807) is 0 Å². The van der Waals surface area contributed by atoms with Crippen molar-refractivity contribution in [1.82, 2.24) is 4.90 Å². The molecule has 3 rings (SSSR count). The maximum absolute atomic E-state index is 12.5. The summed E-state index contributed by atoms with van der Waals surface area (Å²) in [6, 6.07) is 0.219. The first-order chi connectivity index (χ1) is 7.75. The van der Waals surface area contributed by atoms with Crippen LogP contribution in [-0.2, 0) is 4.79 Å². The number of likely N-dealkylation sites (tertiary alicyclic amines) is 1. The van der Waals surface area contributed by atoms with Crippen molar-refractivity contribution < 1.29 is 4.79 Å². The highest BCUT2D eigenvalue weighted by Crippen LogP contribution is 2.50. The van der Waals surface area contributed by atoms with Crippen LogP contribution in [0.2, 0.25) is 0 Å². The third-order valence-electron chi connectivity index (χ3n) is 4.31. The van der Waals surface area contributed by atoms with Crippen molar-refractivity contribution in [2.75, 3.05) is 13.1 Å². The zero-order valence-corrected chi connectivity index (χ0v) is 9.90. The fourth-order valence-electron chi connectivity index (χ4n) is 3.12. The Morgan fingerprint density at radius 1 is 1.12 bits per heavy atom. The molecule has 2 saturated carbocycles. The van der Waals surface area contributed by atoms with Gasteiger partial charge in [0.1, 0.15) is 0 Å². The van der Waals surface area contributed by atoms with E-state index >= 15 is 0 Å². The lowest BCUT2D eigenvalue weighted by Gasteiger charge is -2.33. The molecule has 1 unspecified atom stereocenters. The maximum atomic E-state index is 12.5. The fourth-order valence-corrected chi connectivity index (χ4v) is 3.12. The van der Waals surface area contributed by atoms with Crippen LogP contribution in [0.4, 0.5) is 0 Å². The van der Waals surface area contributed by atoms with Crippen molar-refractivity contribution in [3.05, 3.63) is 0 Å². The first-order valence-electron chi connectivity index (χ1n) is 6.80. The molecule has 0 aromatic carbocycles. The fraction of sp³-hybridized carbons (Fsp3) is 0.923. The predicted octanol–water partition coefficient (Wildman–Crippen LogP) is 1.37. The molecule has 1 atom stereocenters. The third kappa shape index (κ3) is 2.10. The zero-order valence-electron chi connectivity index (χ0n) is 9.90. The van der Waals surface area contributed by atoms with Crippen molar-refractivity contribution in [3.8, 4) is 0 Å². The van der Waals surface area contributed by atoms with E-state index in [1.165, 1.54) is 25.7 Å². The summed E-state index contributed by atoms with van der Waals surface area (Å²) in [6.45, 7) is 1.75. The summed E-state index contributed by atoms with van der Waals surface area (Å²) >= 11 is 0. The van der Waals surface area contributed by atoms with E-state index in [1.807, 2.05) is 0 Å². The van der Waals surface area contributed by atoms with Gasteiger partial charge in [0.2, 0.25) is 5.91 Å². The molecule has 2 N–H and O–H groups in total. The molecule has 16 heavy (non-hydrogen) atoms. The van der Waals surface area contributed by atoms with E-state index in [9.17, 15) is 4.79 Å². The third-order valence-corrected chi connectivity index (χ3v) is 4.31. The van der Waals surface area contributed by atoms with Gasteiger partial charge >= 0.3 is 0 Å². The second kappa shape index (κ2) is 4.02. The van der Waals surface area contributed by atoms with Crippen LogP contribution >= 0.6 is 0 Å². The summed E-state index contributed by atoms with van der Waals surface area (Å²) in [5, 5.41) is 0. The summed E-state index contributed by atoms with van der Waals surface area (Å²) in [5.74, 6) is 2.24. The van der Waals surface area contributed by atoms with Crippen molar-refractivity contribution in [2.45, 2.75) is 44.6 Å². The van der Waals surface area contributed by atoms with E-state index in [0.717, 1.165) is 37.8 Å². The molecule has 3 heteroatoms. The Balaban J connectivity index is 1.65. The van der Waals surface area contributed by atoms with Gasteiger partial charge in [-0.2, -0.15) is 0 Å². The van der Waals surface area contributed by atoms with Crippen LogP contribution in [0.3, 0.4) is 0 Å². The summed E-state index contributed by atoms with van der Waals surface area (Å²) in [7, 11) is 0. The Morgan fingerprint density at radius 3 is 2.25 bits per heavy atom. The van der Waals surface area contributed by atoms with Crippen LogP contribution in [0.1, 0.15) is 38.5 Å². The van der Waals surface area contributed by atoms with Gasteiger partial charge in [0.15, 0.2) is 0 Å². The van der Waals surface area contributed by atoms with Gasteiger partial charge in [0.05, 0.1) is 0 Å². The largest absolute Gasteiger partial charge is 0.341 e. The average molecular weight is 222 g/mol. The Hall–Kier alpha value is -0.570. The van der Waals surface area contributed by atoms with Gasteiger partial charge in [-0.1, -0.05) is 0 Å². The zero-order chi connectivity index (χ0) is 11.1. The number of carbonyl (C=O) groups is 1. The Morgan fingerprint density at radius 2 is 1.75 bits per heavy atom. The molecule has 3 fully saturated rings. The number of hydrogen-bond acceptors (Lipinski definition) is 2. The molecule has 0 spiro atoms. The lowest BCUT2D eigenvalue weighted by molar-refractivity contribution is -0.138. The van der Waals surface area contributed by atoms with Gasteiger partial charge in [-0.15, -0.1) is 0 Å². The maximum Gasteiger partial charge on any atom is 0.226 e. The Kier molecular flexibility index (Phi) is 2.66. The predicted molar refractivity (Wildman–Crippen MR) is 62.7 cm³/mol. The highest BCUT2D eigenvalue weighted by atomic mass is 16.2. The van der Waals surface area contributed by atoms with E-state index in [0.29, 0.717) is 11.8 Å². The van der Waals surface area contributed by atoms with Gasteiger partial charge in [-0.25, -0.2) is 0 Å². The Labute approximate surface area is 97.4 Å². The minimum Gasteiger partial charge on any atom is -0.341 e. The SMILES string of the molecule is NC1CCCN(C(=O)C(C2CC2)C2CC2)C1. The van der Waals surface area contributed by atoms with Crippen LogP contribution in [-0.4, -0.2) is 29.9 Å². The number of rotatable bonds is 3. The number of carbonyl (C=O) groups excluding carboxylic acids is 1. The first kappa shape index (κ1) is 10.6. The van der Waals surface area contributed by atoms with Crippen molar-refractivity contribution >= 4 is 5.91 Å². The molecule has 3 aliphatic rings. The molecule has 0 bridgehead atoms. The van der Waals surface area contributed by atoms with Crippen LogP contribution in [0, 0.1) is 17.8 Å². The summed E-state index contributed by atoms with van der Waals surface area (Å²) < 4.78 is 0. The second-order valence-electron chi connectivity index (χ2n) is 5.89. The summed E-state index contributed by atoms with van der Waals surface area (Å²) in [6.07, 6.45) is 7.31. The lowest BCUT2D eigenvalue weighted by Crippen LogP contribution is -2.48. The quantitative estimate of drug-likeness (QED) is 0.784. The lowest BCUT2D eigenvalue weighted by atomic mass is 9.94. The number of nitrogens with zero attached hydrogens (tertiary/aromatic N) is 1. The molecule has 90 valence electrons. The minimum absolute atomic E-state index is 0.219. The van der Waals surface area contributed by atoms with Gasteiger partial charge in [0, 0.05) is 25.0 Å². The second-order valence-corrected chi connectivity index (χ2v) is 5.89. The van der Waals surface area contributed by atoms with Crippen molar-refractivity contribution in [2.24, 2.45) is 23.5 Å². The van der Waals surface area contributed by atoms with E-state index in [4.69, 9.17) is 5.73 Å². The molecule has 1 aliphatic heterocycles. The van der Waals surface area contributed by atoms with Gasteiger partial charge in [0.25, 0.3) is 0 Å². The van der Waals surface area contributed by atoms with Crippen molar-refractivity contribution in [1.29, 1.82) is 0 Å². The number of nitrogens with two attached hydrogens (primary N) is 1. The molecule has 1 heterocycles. The summed E-state index contributed by atoms with van der Waals surface area (Å²) in [5.41, 5.74) is 5.95. The average Bonchev–Trinajstić information content (AvgIpc) is 3.12. The number of amides is 1. The summed E-state index contributed by atoms with van der Waals surface area (Å²) in [4.78, 5) is 14.5. The molecular formula is C13H22N2O. The molecule has 1 saturated heterocycles. The smallest absolute Gasteiger partial charge is 0.226 e. The van der Waals surface area contributed by atoms with Gasteiger partial charge in [-0.05, 0) is 50.4 Å². The van der Waals surface area contributed by atoms with E-state index in [2.05, 4.69) is 4.90 Å². The van der Waals surface area contributed by atoms with E-state index in [-0.39, 0.29) is 6.04 Å². The molecule has 0 aromatic heterocycles. The molecule has 0 radical (unpaired) electrons. The topological polar surface area (TPSA) is 46.3 Å². The normalized spacial score (nSPS) is 30.9. The van der Waals surface area contributed by atoms with Crippen LogP contribution in [0.5, 0.6) is 0 Å². The van der Waals surface area contributed by atoms with Crippen LogP contribution in [0.15, 0.2) is 0 Å². The molecule has 0 aromatic rings. The minimum atomic E-state index is 0.219. The standard InChI is InChI=1S/C13H22N2O/c14-11-2-1-7-15(8-11)13(16)12(9-3-4-9)10-5-6-10/h9-12H,1-8,14H2. The molecule has 1 amide bonds. The molecule has 2 aliphatic carbocycles. The van der Waals surface area contributed by atoms with Gasteiger partial charge < -0.3 is 10.6 Å². The molecular weight excluding hydrogens is 200 g/mol. The van der Waals surface area contributed by atoms with Crippen LogP contribution < -0.4 is 5.73 Å². The number of piperidine rings is 1. The monoisotopic (exact) mass is 222 g/mol.